The third kappa shape index (κ3) is 2.28. The van der Waals surface area contributed by atoms with Crippen molar-refractivity contribution in [3.8, 4) is 11.4 Å². The highest BCUT2D eigenvalue weighted by molar-refractivity contribution is 6.27. The van der Waals surface area contributed by atoms with E-state index in [1.807, 2.05) is 31.2 Å². The number of aryl methyl sites for hydroxylation is 1. The summed E-state index contributed by atoms with van der Waals surface area (Å²) in [6.45, 7) is 4.30. The van der Waals surface area contributed by atoms with Crippen LogP contribution in [0.2, 0.25) is 0 Å². The van der Waals surface area contributed by atoms with E-state index in [-0.39, 0.29) is 17.3 Å². The highest BCUT2D eigenvalue weighted by Crippen LogP contribution is 2.30. The van der Waals surface area contributed by atoms with E-state index in [1.54, 1.807) is 35.8 Å². The molecule has 1 heterocycles. The molecule has 0 radical (unpaired) electrons. The maximum absolute atomic E-state index is 13.0. The minimum absolute atomic E-state index is 0.181. The number of hydrogen-bond donors (Lipinski definition) is 0. The number of imidazole rings is 1. The van der Waals surface area contributed by atoms with Gasteiger partial charge in [0.25, 0.3) is 0 Å². The Labute approximate surface area is 144 Å². The monoisotopic (exact) mass is 332 g/mol. The van der Waals surface area contributed by atoms with Gasteiger partial charge >= 0.3 is 0 Å². The van der Waals surface area contributed by atoms with Gasteiger partial charge < -0.3 is 4.74 Å². The molecule has 1 aliphatic rings. The van der Waals surface area contributed by atoms with Crippen LogP contribution >= 0.6 is 0 Å². The van der Waals surface area contributed by atoms with Crippen LogP contribution in [0.4, 0.5) is 0 Å². The lowest BCUT2D eigenvalue weighted by atomic mass is 9.90. The van der Waals surface area contributed by atoms with Crippen LogP contribution in [0.1, 0.15) is 44.9 Å². The van der Waals surface area contributed by atoms with Gasteiger partial charge in [0, 0.05) is 16.8 Å². The first-order chi connectivity index (χ1) is 12.1. The maximum Gasteiger partial charge on any atom is 0.214 e. The standard InChI is InChI=1S/C20H16N2O3/c1-3-25-14-10-8-13(9-11-14)22-12(2)21-17-18(22)20(24)16-7-5-4-6-15(16)19(17)23/h4-11H,3H2,1-2H3. The van der Waals surface area contributed by atoms with E-state index in [0.29, 0.717) is 29.3 Å². The average molecular weight is 332 g/mol. The Hall–Kier alpha value is -3.21. The van der Waals surface area contributed by atoms with Crippen LogP contribution in [0.25, 0.3) is 5.69 Å². The third-order valence-electron chi connectivity index (χ3n) is 4.30. The van der Waals surface area contributed by atoms with E-state index in [4.69, 9.17) is 4.74 Å². The number of benzene rings is 2. The summed E-state index contributed by atoms with van der Waals surface area (Å²) in [6, 6.07) is 14.3. The molecule has 0 amide bonds. The molecule has 4 rings (SSSR count). The zero-order chi connectivity index (χ0) is 17.6. The predicted octanol–water partition coefficient (Wildman–Crippen LogP) is 3.35. The van der Waals surface area contributed by atoms with Gasteiger partial charge in [0.1, 0.15) is 23.0 Å². The summed E-state index contributed by atoms with van der Waals surface area (Å²) >= 11 is 0. The van der Waals surface area contributed by atoms with E-state index in [0.717, 1.165) is 11.4 Å². The topological polar surface area (TPSA) is 61.2 Å². The number of ketones is 2. The molecule has 0 saturated heterocycles. The van der Waals surface area contributed by atoms with E-state index < -0.39 is 0 Å². The Morgan fingerprint density at radius 3 is 2.24 bits per heavy atom. The van der Waals surface area contributed by atoms with E-state index in [9.17, 15) is 9.59 Å². The van der Waals surface area contributed by atoms with Crippen molar-refractivity contribution in [1.82, 2.24) is 9.55 Å². The van der Waals surface area contributed by atoms with Gasteiger partial charge in [-0.2, -0.15) is 0 Å². The lowest BCUT2D eigenvalue weighted by Crippen LogP contribution is -2.22. The lowest BCUT2D eigenvalue weighted by molar-refractivity contribution is 0.0972. The Morgan fingerprint density at radius 2 is 1.60 bits per heavy atom. The summed E-state index contributed by atoms with van der Waals surface area (Å²) in [5.74, 6) is 0.965. The molecule has 0 atom stereocenters. The fourth-order valence-electron chi connectivity index (χ4n) is 3.21. The van der Waals surface area contributed by atoms with Gasteiger partial charge in [-0.3, -0.25) is 14.2 Å². The zero-order valence-electron chi connectivity index (χ0n) is 13.9. The van der Waals surface area contributed by atoms with Gasteiger partial charge in [-0.15, -0.1) is 0 Å². The van der Waals surface area contributed by atoms with Crippen molar-refractivity contribution < 1.29 is 14.3 Å². The van der Waals surface area contributed by atoms with E-state index >= 15 is 0 Å². The molecule has 1 aromatic heterocycles. The van der Waals surface area contributed by atoms with Gasteiger partial charge in [-0.05, 0) is 38.1 Å². The number of carbonyl (C=O) groups excluding carboxylic acids is 2. The average Bonchev–Trinajstić information content (AvgIpc) is 2.98. The van der Waals surface area contributed by atoms with Gasteiger partial charge in [0.05, 0.1) is 6.61 Å². The van der Waals surface area contributed by atoms with Gasteiger partial charge in [-0.1, -0.05) is 24.3 Å². The van der Waals surface area contributed by atoms with Crippen molar-refractivity contribution in [2.75, 3.05) is 6.61 Å². The number of ether oxygens (including phenoxy) is 1. The number of carbonyl (C=O) groups is 2. The molecular weight excluding hydrogens is 316 g/mol. The second-order valence-corrected chi connectivity index (χ2v) is 5.82. The molecule has 3 aromatic rings. The third-order valence-corrected chi connectivity index (χ3v) is 4.30. The Bertz CT molecular complexity index is 1000. The van der Waals surface area contributed by atoms with Crippen LogP contribution in [0.3, 0.4) is 0 Å². The number of rotatable bonds is 3. The number of fused-ring (bicyclic) bond motifs is 2. The van der Waals surface area contributed by atoms with Gasteiger partial charge in [-0.25, -0.2) is 4.98 Å². The molecule has 0 N–H and O–H groups in total. The predicted molar refractivity (Wildman–Crippen MR) is 92.8 cm³/mol. The number of nitrogens with zero attached hydrogens (tertiary/aromatic N) is 2. The molecule has 0 spiro atoms. The van der Waals surface area contributed by atoms with E-state index in [2.05, 4.69) is 4.98 Å². The maximum atomic E-state index is 13.0. The van der Waals surface area contributed by atoms with Crippen LogP contribution in [-0.4, -0.2) is 27.7 Å². The quantitative estimate of drug-likeness (QED) is 0.577. The molecule has 0 fully saturated rings. The van der Waals surface area contributed by atoms with Crippen LogP contribution in [-0.2, 0) is 0 Å². The van der Waals surface area contributed by atoms with E-state index in [1.165, 1.54) is 0 Å². The summed E-state index contributed by atoms with van der Waals surface area (Å²) in [5.41, 5.74) is 2.15. The molecule has 25 heavy (non-hydrogen) atoms. The van der Waals surface area contributed by atoms with Crippen molar-refractivity contribution in [2.45, 2.75) is 13.8 Å². The normalized spacial score (nSPS) is 12.7. The lowest BCUT2D eigenvalue weighted by Gasteiger charge is -2.16. The molecule has 124 valence electrons. The first-order valence-electron chi connectivity index (χ1n) is 8.12. The first kappa shape index (κ1) is 15.3. The van der Waals surface area contributed by atoms with Crippen LogP contribution < -0.4 is 4.74 Å². The smallest absolute Gasteiger partial charge is 0.214 e. The first-order valence-corrected chi connectivity index (χ1v) is 8.12. The van der Waals surface area contributed by atoms with Crippen molar-refractivity contribution in [3.63, 3.8) is 0 Å². The second-order valence-electron chi connectivity index (χ2n) is 5.82. The molecular formula is C20H16N2O3. The Kier molecular flexibility index (Phi) is 3.50. The summed E-state index contributed by atoms with van der Waals surface area (Å²) in [7, 11) is 0. The minimum Gasteiger partial charge on any atom is -0.494 e. The second kappa shape index (κ2) is 5.70. The van der Waals surface area contributed by atoms with Crippen molar-refractivity contribution in [2.24, 2.45) is 0 Å². The largest absolute Gasteiger partial charge is 0.494 e. The fraction of sp³-hybridized carbons (Fsp3) is 0.150. The highest BCUT2D eigenvalue weighted by Gasteiger charge is 2.35. The summed E-state index contributed by atoms with van der Waals surface area (Å²) < 4.78 is 7.20. The summed E-state index contributed by atoms with van der Waals surface area (Å²) in [4.78, 5) is 30.1. The van der Waals surface area contributed by atoms with Crippen LogP contribution in [0.15, 0.2) is 48.5 Å². The van der Waals surface area contributed by atoms with Crippen LogP contribution in [0.5, 0.6) is 5.75 Å². The molecule has 2 aromatic carbocycles. The summed E-state index contributed by atoms with van der Waals surface area (Å²) in [5, 5.41) is 0. The molecule has 0 saturated carbocycles. The van der Waals surface area contributed by atoms with Gasteiger partial charge in [0.2, 0.25) is 11.6 Å². The molecule has 0 unspecified atom stereocenters. The highest BCUT2D eigenvalue weighted by atomic mass is 16.5. The van der Waals surface area contributed by atoms with Crippen molar-refractivity contribution >= 4 is 11.6 Å². The zero-order valence-corrected chi connectivity index (χ0v) is 13.9. The molecule has 5 heteroatoms. The molecule has 1 aliphatic carbocycles. The molecule has 0 aliphatic heterocycles. The SMILES string of the molecule is CCOc1ccc(-n2c(C)nc3c2C(=O)c2ccccc2C3=O)cc1. The Balaban J connectivity index is 1.88. The molecule has 0 bridgehead atoms. The molecule has 5 nitrogen and oxygen atoms in total. The number of aromatic nitrogens is 2. The van der Waals surface area contributed by atoms with Crippen LogP contribution in [0, 0.1) is 6.92 Å². The minimum atomic E-state index is -0.210. The van der Waals surface area contributed by atoms with Crippen molar-refractivity contribution in [1.29, 1.82) is 0 Å². The summed E-state index contributed by atoms with van der Waals surface area (Å²) in [6.07, 6.45) is 0. The Morgan fingerprint density at radius 1 is 0.960 bits per heavy atom. The fourth-order valence-corrected chi connectivity index (χ4v) is 3.21. The van der Waals surface area contributed by atoms with Crippen molar-refractivity contribution in [3.05, 3.63) is 76.9 Å². The number of hydrogen-bond acceptors (Lipinski definition) is 4. The van der Waals surface area contributed by atoms with Gasteiger partial charge in [0.15, 0.2) is 0 Å².